The summed E-state index contributed by atoms with van der Waals surface area (Å²) in [5.74, 6) is 1.15. The van der Waals surface area contributed by atoms with Crippen molar-refractivity contribution in [3.8, 4) is 0 Å². The van der Waals surface area contributed by atoms with E-state index in [1.165, 1.54) is 24.8 Å². The van der Waals surface area contributed by atoms with Crippen LogP contribution in [0.25, 0.3) is 0 Å². The van der Waals surface area contributed by atoms with Gasteiger partial charge in [-0.15, -0.1) is 0 Å². The fourth-order valence-electron chi connectivity index (χ4n) is 6.36. The van der Waals surface area contributed by atoms with Gasteiger partial charge in [0.25, 0.3) is 0 Å². The maximum atomic E-state index is 10.2. The second-order valence-electron chi connectivity index (χ2n) is 11.4. The van der Waals surface area contributed by atoms with Crippen LogP contribution in [0.2, 0.25) is 0 Å². The third-order valence-electron chi connectivity index (χ3n) is 8.39. The molecule has 33 heavy (non-hydrogen) atoms. The lowest BCUT2D eigenvalue weighted by molar-refractivity contribution is -0.117. The molecule has 4 nitrogen and oxygen atoms in total. The number of rotatable bonds is 9. The number of ether oxygens (including phenoxy) is 2. The van der Waals surface area contributed by atoms with Gasteiger partial charge in [0.2, 0.25) is 0 Å². The quantitative estimate of drug-likeness (QED) is 0.317. The average molecular weight is 459 g/mol. The molecular formula is C29H46O4. The van der Waals surface area contributed by atoms with E-state index in [1.807, 2.05) is 0 Å². The maximum Gasteiger partial charge on any atom is 0.147 e. The maximum absolute atomic E-state index is 10.2. The van der Waals surface area contributed by atoms with Crippen LogP contribution in [0.4, 0.5) is 0 Å². The molecule has 3 aliphatic carbocycles. The SMILES string of the molecule is C=C1C(=CC=C2CCCC3(C)C(C(C)CCCC(C)(C)OCOC)=CCC23)CC(O)CC1O. The first kappa shape index (κ1) is 26.4. The lowest BCUT2D eigenvalue weighted by Crippen LogP contribution is -2.32. The third kappa shape index (κ3) is 6.28. The van der Waals surface area contributed by atoms with E-state index in [9.17, 15) is 10.2 Å². The molecule has 2 fully saturated rings. The van der Waals surface area contributed by atoms with E-state index in [0.29, 0.717) is 31.5 Å². The summed E-state index contributed by atoms with van der Waals surface area (Å²) in [6, 6.07) is 0. The Labute approximate surface area is 201 Å². The van der Waals surface area contributed by atoms with Gasteiger partial charge in [0.05, 0.1) is 17.8 Å². The number of allylic oxidation sites excluding steroid dienone is 5. The van der Waals surface area contributed by atoms with Crippen molar-refractivity contribution in [2.24, 2.45) is 17.3 Å². The first-order valence-electron chi connectivity index (χ1n) is 12.9. The molecule has 186 valence electrons. The monoisotopic (exact) mass is 458 g/mol. The second-order valence-corrected chi connectivity index (χ2v) is 11.4. The van der Waals surface area contributed by atoms with E-state index >= 15 is 0 Å². The molecule has 0 aliphatic heterocycles. The number of methoxy groups -OCH3 is 1. The molecule has 0 radical (unpaired) electrons. The summed E-state index contributed by atoms with van der Waals surface area (Å²) in [7, 11) is 1.67. The van der Waals surface area contributed by atoms with Crippen LogP contribution in [0.15, 0.2) is 47.1 Å². The van der Waals surface area contributed by atoms with Crippen LogP contribution in [0, 0.1) is 17.3 Å². The summed E-state index contributed by atoms with van der Waals surface area (Å²) < 4.78 is 10.9. The number of fused-ring (bicyclic) bond motifs is 1. The highest BCUT2D eigenvalue weighted by Crippen LogP contribution is 2.57. The van der Waals surface area contributed by atoms with Crippen molar-refractivity contribution in [1.82, 2.24) is 0 Å². The van der Waals surface area contributed by atoms with Crippen molar-refractivity contribution in [1.29, 1.82) is 0 Å². The molecule has 5 atom stereocenters. The van der Waals surface area contributed by atoms with Gasteiger partial charge in [-0.25, -0.2) is 0 Å². The van der Waals surface area contributed by atoms with Crippen molar-refractivity contribution in [3.05, 3.63) is 47.1 Å². The fourth-order valence-corrected chi connectivity index (χ4v) is 6.36. The zero-order valence-electron chi connectivity index (χ0n) is 21.5. The highest BCUT2D eigenvalue weighted by Gasteiger charge is 2.45. The molecule has 0 spiro atoms. The van der Waals surface area contributed by atoms with Crippen molar-refractivity contribution in [2.45, 2.75) is 103 Å². The molecule has 2 N–H and O–H groups in total. The van der Waals surface area contributed by atoms with Gasteiger partial charge in [0.15, 0.2) is 0 Å². The van der Waals surface area contributed by atoms with E-state index in [-0.39, 0.29) is 11.0 Å². The molecule has 0 aromatic heterocycles. The molecule has 4 heteroatoms. The number of aliphatic hydroxyl groups is 2. The molecule has 2 saturated carbocycles. The molecule has 0 aromatic rings. The Bertz CT molecular complexity index is 789. The topological polar surface area (TPSA) is 58.9 Å². The normalized spacial score (nSPS) is 34.0. The molecular weight excluding hydrogens is 412 g/mol. The van der Waals surface area contributed by atoms with Gasteiger partial charge in [0.1, 0.15) is 6.79 Å². The standard InChI is InChI=1S/C29H46O4/c1-20(9-7-15-28(3,4)33-19-32-6)25-13-14-26-22(10-8-16-29(25,26)5)11-12-23-17-24(30)18-27(31)21(23)2/h11-13,20,24,26-27,30-31H,2,7-10,14-19H2,1,3-6H3. The minimum Gasteiger partial charge on any atom is -0.393 e. The first-order valence-corrected chi connectivity index (χ1v) is 12.9. The van der Waals surface area contributed by atoms with Crippen LogP contribution in [0.5, 0.6) is 0 Å². The van der Waals surface area contributed by atoms with Gasteiger partial charge in [0, 0.05) is 13.5 Å². The Morgan fingerprint density at radius 2 is 2.06 bits per heavy atom. The number of hydrogen-bond donors (Lipinski definition) is 2. The zero-order chi connectivity index (χ0) is 24.2. The van der Waals surface area contributed by atoms with Gasteiger partial charge in [-0.05, 0) is 87.2 Å². The molecule has 3 rings (SSSR count). The van der Waals surface area contributed by atoms with Crippen molar-refractivity contribution < 1.29 is 19.7 Å². The van der Waals surface area contributed by atoms with E-state index in [4.69, 9.17) is 9.47 Å². The fraction of sp³-hybridized carbons (Fsp3) is 0.724. The van der Waals surface area contributed by atoms with Crippen molar-refractivity contribution >= 4 is 0 Å². The summed E-state index contributed by atoms with van der Waals surface area (Å²) in [6.45, 7) is 13.6. The summed E-state index contributed by atoms with van der Waals surface area (Å²) in [6.07, 6.45) is 14.9. The lowest BCUT2D eigenvalue weighted by atomic mass is 9.62. The zero-order valence-corrected chi connectivity index (χ0v) is 21.5. The summed E-state index contributed by atoms with van der Waals surface area (Å²) in [5, 5.41) is 20.2. The summed E-state index contributed by atoms with van der Waals surface area (Å²) in [5.41, 5.74) is 5.03. The van der Waals surface area contributed by atoms with E-state index in [0.717, 1.165) is 36.8 Å². The van der Waals surface area contributed by atoms with E-state index < -0.39 is 12.2 Å². The number of hydrogen-bond acceptors (Lipinski definition) is 4. The van der Waals surface area contributed by atoms with Crippen LogP contribution < -0.4 is 0 Å². The van der Waals surface area contributed by atoms with Crippen molar-refractivity contribution in [3.63, 3.8) is 0 Å². The predicted molar refractivity (Wildman–Crippen MR) is 135 cm³/mol. The second kappa shape index (κ2) is 11.0. The van der Waals surface area contributed by atoms with Crippen LogP contribution in [0.1, 0.15) is 85.5 Å². The predicted octanol–water partition coefficient (Wildman–Crippen LogP) is 6.25. The van der Waals surface area contributed by atoms with E-state index in [1.54, 1.807) is 12.7 Å². The highest BCUT2D eigenvalue weighted by atomic mass is 16.7. The first-order chi connectivity index (χ1) is 15.6. The van der Waals surface area contributed by atoms with Crippen LogP contribution in [-0.4, -0.2) is 41.9 Å². The number of aliphatic hydroxyl groups excluding tert-OH is 2. The van der Waals surface area contributed by atoms with Gasteiger partial charge in [-0.3, -0.25) is 0 Å². The molecule has 0 aromatic carbocycles. The van der Waals surface area contributed by atoms with Crippen molar-refractivity contribution in [2.75, 3.05) is 13.9 Å². The average Bonchev–Trinajstić information content (AvgIpc) is 3.11. The van der Waals surface area contributed by atoms with Crippen LogP contribution in [0.3, 0.4) is 0 Å². The largest absolute Gasteiger partial charge is 0.393 e. The summed E-state index contributed by atoms with van der Waals surface area (Å²) >= 11 is 0. The Hall–Kier alpha value is -1.20. The van der Waals surface area contributed by atoms with Gasteiger partial charge in [-0.2, -0.15) is 0 Å². The molecule has 5 unspecified atom stereocenters. The Morgan fingerprint density at radius 3 is 2.79 bits per heavy atom. The van der Waals surface area contributed by atoms with E-state index in [2.05, 4.69) is 52.5 Å². The Kier molecular flexibility index (Phi) is 8.82. The molecule has 0 amide bonds. The smallest absolute Gasteiger partial charge is 0.147 e. The minimum atomic E-state index is -0.625. The lowest BCUT2D eigenvalue weighted by Gasteiger charge is -2.42. The van der Waals surface area contributed by atoms with Crippen LogP contribution in [-0.2, 0) is 9.47 Å². The Balaban J connectivity index is 1.64. The summed E-state index contributed by atoms with van der Waals surface area (Å²) in [4.78, 5) is 0. The minimum absolute atomic E-state index is 0.148. The van der Waals surface area contributed by atoms with Gasteiger partial charge >= 0.3 is 0 Å². The third-order valence-corrected chi connectivity index (χ3v) is 8.39. The van der Waals surface area contributed by atoms with Gasteiger partial charge in [-0.1, -0.05) is 56.2 Å². The molecule has 0 saturated heterocycles. The molecule has 0 bridgehead atoms. The highest BCUT2D eigenvalue weighted by molar-refractivity contribution is 5.40. The van der Waals surface area contributed by atoms with Gasteiger partial charge < -0.3 is 19.7 Å². The molecule has 3 aliphatic rings. The molecule has 0 heterocycles. The Morgan fingerprint density at radius 1 is 1.30 bits per heavy atom. The van der Waals surface area contributed by atoms with Crippen LogP contribution >= 0.6 is 0 Å².